The van der Waals surface area contributed by atoms with Crippen LogP contribution in [0.2, 0.25) is 0 Å². The number of hydrogen-bond acceptors (Lipinski definition) is 7. The molecule has 0 bridgehead atoms. The molecule has 0 radical (unpaired) electrons. The fourth-order valence-electron chi connectivity index (χ4n) is 4.58. The zero-order valence-electron chi connectivity index (χ0n) is 21.4. The molecule has 2 aliphatic heterocycles. The van der Waals surface area contributed by atoms with Crippen LogP contribution in [-0.4, -0.2) is 78.7 Å². The molecule has 196 valence electrons. The summed E-state index contributed by atoms with van der Waals surface area (Å²) in [5.41, 5.74) is 1.18. The summed E-state index contributed by atoms with van der Waals surface area (Å²) in [7, 11) is 0. The first-order chi connectivity index (χ1) is 17.9. The Bertz CT molecular complexity index is 1150. The number of ketones is 1. The van der Waals surface area contributed by atoms with Gasteiger partial charge in [-0.25, -0.2) is 0 Å². The Morgan fingerprint density at radius 2 is 1.84 bits per heavy atom. The van der Waals surface area contributed by atoms with Gasteiger partial charge in [0.25, 0.3) is 11.7 Å². The molecule has 2 heterocycles. The van der Waals surface area contributed by atoms with Gasteiger partial charge >= 0.3 is 0 Å². The van der Waals surface area contributed by atoms with Crippen molar-refractivity contribution in [3.8, 4) is 11.5 Å². The molecule has 0 spiro atoms. The smallest absolute Gasteiger partial charge is 0.295 e. The van der Waals surface area contributed by atoms with E-state index in [0.29, 0.717) is 55.5 Å². The van der Waals surface area contributed by atoms with Crippen molar-refractivity contribution < 1.29 is 28.9 Å². The minimum Gasteiger partial charge on any atom is -0.507 e. The van der Waals surface area contributed by atoms with Gasteiger partial charge in [-0.05, 0) is 55.8 Å². The fourth-order valence-corrected chi connectivity index (χ4v) is 4.58. The number of morpholine rings is 1. The molecule has 2 fully saturated rings. The van der Waals surface area contributed by atoms with Gasteiger partial charge in [-0.1, -0.05) is 24.8 Å². The molecule has 0 saturated carbocycles. The topological polar surface area (TPSA) is 88.5 Å². The summed E-state index contributed by atoms with van der Waals surface area (Å²) in [6.07, 6.45) is 1.65. The van der Waals surface area contributed by atoms with Crippen molar-refractivity contribution in [3.63, 3.8) is 0 Å². The van der Waals surface area contributed by atoms with Crippen LogP contribution in [0.3, 0.4) is 0 Å². The molecule has 4 rings (SSSR count). The lowest BCUT2D eigenvalue weighted by atomic mass is 9.95. The van der Waals surface area contributed by atoms with E-state index in [1.807, 2.05) is 26.0 Å². The zero-order chi connectivity index (χ0) is 26.4. The van der Waals surface area contributed by atoms with Crippen LogP contribution < -0.4 is 9.47 Å². The van der Waals surface area contributed by atoms with Crippen LogP contribution in [0.5, 0.6) is 11.5 Å². The third-order valence-electron chi connectivity index (χ3n) is 6.34. The Kier molecular flexibility index (Phi) is 8.63. The lowest BCUT2D eigenvalue weighted by molar-refractivity contribution is -0.140. The van der Waals surface area contributed by atoms with Crippen LogP contribution in [0.1, 0.15) is 31.0 Å². The summed E-state index contributed by atoms with van der Waals surface area (Å²) in [5, 5.41) is 11.3. The second-order valence-electron chi connectivity index (χ2n) is 9.31. The number of amides is 1. The maximum absolute atomic E-state index is 13.3. The molecule has 2 aromatic rings. The highest BCUT2D eigenvalue weighted by molar-refractivity contribution is 6.46. The number of rotatable bonds is 10. The Morgan fingerprint density at radius 3 is 2.51 bits per heavy atom. The zero-order valence-corrected chi connectivity index (χ0v) is 21.4. The van der Waals surface area contributed by atoms with Crippen LogP contribution in [0.4, 0.5) is 0 Å². The van der Waals surface area contributed by atoms with Crippen molar-refractivity contribution in [1.29, 1.82) is 0 Å². The first kappa shape index (κ1) is 26.4. The number of ether oxygens (including phenoxy) is 3. The number of carbonyl (C=O) groups is 2. The lowest BCUT2D eigenvalue weighted by Crippen LogP contribution is -2.42. The van der Waals surface area contributed by atoms with E-state index < -0.39 is 17.7 Å². The molecule has 8 heteroatoms. The van der Waals surface area contributed by atoms with Crippen molar-refractivity contribution in [2.24, 2.45) is 0 Å². The standard InChI is InChI=1S/C29H34N2O6/c1-4-16-36-24-7-5-6-22(19-24)26-25(27(32)21-8-10-23(11-9-21)37-20(2)3)28(33)29(34)31(26)13-12-30-14-17-35-18-15-30/h4-11,19-20,26,32H,1,12-18H2,2-3H3/t26-/m0/s1. The van der Waals surface area contributed by atoms with Crippen LogP contribution in [0, 0.1) is 0 Å². The van der Waals surface area contributed by atoms with Crippen molar-refractivity contribution in [2.45, 2.75) is 26.0 Å². The second kappa shape index (κ2) is 12.1. The second-order valence-corrected chi connectivity index (χ2v) is 9.31. The van der Waals surface area contributed by atoms with Gasteiger partial charge in [0, 0.05) is 31.7 Å². The summed E-state index contributed by atoms with van der Waals surface area (Å²) in [4.78, 5) is 30.3. The van der Waals surface area contributed by atoms with E-state index >= 15 is 0 Å². The normalized spacial score (nSPS) is 19.9. The molecule has 2 saturated heterocycles. The molecule has 1 amide bonds. The summed E-state index contributed by atoms with van der Waals surface area (Å²) in [5.74, 6) is -0.306. The Hall–Kier alpha value is -3.62. The average molecular weight is 507 g/mol. The largest absolute Gasteiger partial charge is 0.507 e. The lowest BCUT2D eigenvalue weighted by Gasteiger charge is -2.31. The average Bonchev–Trinajstić information content (AvgIpc) is 3.16. The number of likely N-dealkylation sites (tertiary alicyclic amines) is 1. The number of benzene rings is 2. The molecular formula is C29H34N2O6. The number of aliphatic hydroxyl groups excluding tert-OH is 1. The highest BCUT2D eigenvalue weighted by atomic mass is 16.5. The molecular weight excluding hydrogens is 472 g/mol. The molecule has 1 atom stereocenters. The van der Waals surface area contributed by atoms with E-state index in [4.69, 9.17) is 14.2 Å². The van der Waals surface area contributed by atoms with Gasteiger partial charge in [0.05, 0.1) is 30.9 Å². The molecule has 0 aromatic heterocycles. The molecule has 2 aromatic carbocycles. The van der Waals surface area contributed by atoms with E-state index in [9.17, 15) is 14.7 Å². The Morgan fingerprint density at radius 1 is 1.11 bits per heavy atom. The van der Waals surface area contributed by atoms with E-state index in [2.05, 4.69) is 11.5 Å². The minimum atomic E-state index is -0.750. The van der Waals surface area contributed by atoms with E-state index in [1.165, 1.54) is 0 Å². The quantitative estimate of drug-likeness (QED) is 0.227. The number of carbonyl (C=O) groups excluding carboxylic acids is 2. The van der Waals surface area contributed by atoms with Gasteiger partial charge < -0.3 is 24.2 Å². The summed E-state index contributed by atoms with van der Waals surface area (Å²) in [6.45, 7) is 11.6. The van der Waals surface area contributed by atoms with Crippen LogP contribution in [-0.2, 0) is 14.3 Å². The molecule has 37 heavy (non-hydrogen) atoms. The number of hydrogen-bond donors (Lipinski definition) is 1. The van der Waals surface area contributed by atoms with Crippen LogP contribution in [0.25, 0.3) is 5.76 Å². The number of aliphatic hydroxyl groups is 1. The summed E-state index contributed by atoms with van der Waals surface area (Å²) >= 11 is 0. The Balaban J connectivity index is 1.71. The maximum Gasteiger partial charge on any atom is 0.295 e. The fraction of sp³-hybridized carbons (Fsp3) is 0.379. The molecule has 0 unspecified atom stereocenters. The highest BCUT2D eigenvalue weighted by Gasteiger charge is 2.46. The number of Topliss-reactive ketones (excluding diaryl/α,β-unsaturated/α-hetero) is 1. The predicted octanol–water partition coefficient (Wildman–Crippen LogP) is 3.79. The first-order valence-electron chi connectivity index (χ1n) is 12.6. The predicted molar refractivity (Wildman–Crippen MR) is 141 cm³/mol. The number of nitrogens with zero attached hydrogens (tertiary/aromatic N) is 2. The summed E-state index contributed by atoms with van der Waals surface area (Å²) < 4.78 is 16.8. The van der Waals surface area contributed by atoms with Crippen molar-refractivity contribution in [1.82, 2.24) is 9.80 Å². The van der Waals surface area contributed by atoms with Crippen molar-refractivity contribution >= 4 is 17.4 Å². The molecule has 0 aliphatic carbocycles. The van der Waals surface area contributed by atoms with E-state index in [-0.39, 0.29) is 17.4 Å². The summed E-state index contributed by atoms with van der Waals surface area (Å²) in [6, 6.07) is 13.4. The highest BCUT2D eigenvalue weighted by Crippen LogP contribution is 2.40. The third-order valence-corrected chi connectivity index (χ3v) is 6.34. The van der Waals surface area contributed by atoms with Crippen LogP contribution in [0.15, 0.2) is 66.8 Å². The first-order valence-corrected chi connectivity index (χ1v) is 12.6. The van der Waals surface area contributed by atoms with E-state index in [0.717, 1.165) is 13.1 Å². The van der Waals surface area contributed by atoms with Crippen molar-refractivity contribution in [2.75, 3.05) is 46.0 Å². The molecule has 1 N–H and O–H groups in total. The van der Waals surface area contributed by atoms with Gasteiger partial charge in [0.1, 0.15) is 23.9 Å². The van der Waals surface area contributed by atoms with Gasteiger partial charge in [0.15, 0.2) is 0 Å². The molecule has 2 aliphatic rings. The maximum atomic E-state index is 13.3. The van der Waals surface area contributed by atoms with Gasteiger partial charge in [-0.2, -0.15) is 0 Å². The van der Waals surface area contributed by atoms with Gasteiger partial charge in [-0.3, -0.25) is 14.5 Å². The Labute approximate surface area is 217 Å². The van der Waals surface area contributed by atoms with Gasteiger partial charge in [-0.15, -0.1) is 0 Å². The van der Waals surface area contributed by atoms with E-state index in [1.54, 1.807) is 47.4 Å². The third kappa shape index (κ3) is 6.21. The van der Waals surface area contributed by atoms with Crippen LogP contribution >= 0.6 is 0 Å². The molecule has 8 nitrogen and oxygen atoms in total. The minimum absolute atomic E-state index is 0.00632. The monoisotopic (exact) mass is 506 g/mol. The SMILES string of the molecule is C=CCOc1cccc([C@H]2C(=C(O)c3ccc(OC(C)C)cc3)C(=O)C(=O)N2CCN2CCOCC2)c1. The van der Waals surface area contributed by atoms with Crippen molar-refractivity contribution in [3.05, 3.63) is 77.9 Å². The van der Waals surface area contributed by atoms with Gasteiger partial charge in [0.2, 0.25) is 0 Å².